The molecule has 0 saturated carbocycles. The average molecular weight is 302 g/mol. The van der Waals surface area contributed by atoms with Crippen LogP contribution in [0.2, 0.25) is 0 Å². The predicted molar refractivity (Wildman–Crippen MR) is 71.3 cm³/mol. The smallest absolute Gasteiger partial charge is 0.335 e. The lowest BCUT2D eigenvalue weighted by atomic mass is 10.2. The molecule has 0 atom stereocenters. The van der Waals surface area contributed by atoms with Crippen LogP contribution in [-0.4, -0.2) is 36.9 Å². The Morgan fingerprint density at radius 3 is 2.45 bits per heavy atom. The van der Waals surface area contributed by atoms with Gasteiger partial charge in [0.2, 0.25) is 0 Å². The first-order chi connectivity index (χ1) is 9.40. The van der Waals surface area contributed by atoms with Gasteiger partial charge in [-0.1, -0.05) is 6.42 Å². The molecule has 0 bridgehead atoms. The standard InChI is InChI=1S/C12H15FN2O4S/c13-10-8-9(12(16)17)4-5-11(10)14-20(18,19)15-6-2-1-3-7-15/h4-5,8,14H,1-3,6-7H2,(H,16,17). The third kappa shape index (κ3) is 3.26. The van der Waals surface area contributed by atoms with E-state index >= 15 is 0 Å². The first-order valence-corrected chi connectivity index (χ1v) is 7.65. The van der Waals surface area contributed by atoms with Crippen LogP contribution in [0.3, 0.4) is 0 Å². The fraction of sp³-hybridized carbons (Fsp3) is 0.417. The predicted octanol–water partition coefficient (Wildman–Crippen LogP) is 1.67. The van der Waals surface area contributed by atoms with Gasteiger partial charge in [-0.25, -0.2) is 9.18 Å². The van der Waals surface area contributed by atoms with Crippen LogP contribution in [-0.2, 0) is 10.2 Å². The molecule has 0 radical (unpaired) electrons. The van der Waals surface area contributed by atoms with E-state index in [1.54, 1.807) is 0 Å². The zero-order chi connectivity index (χ0) is 14.8. The maximum Gasteiger partial charge on any atom is 0.335 e. The Hall–Kier alpha value is -1.67. The Labute approximate surface area is 116 Å². The fourth-order valence-corrected chi connectivity index (χ4v) is 3.35. The van der Waals surface area contributed by atoms with Gasteiger partial charge in [0.25, 0.3) is 0 Å². The monoisotopic (exact) mass is 302 g/mol. The Bertz CT molecular complexity index is 612. The highest BCUT2D eigenvalue weighted by molar-refractivity contribution is 7.90. The van der Waals surface area contributed by atoms with Gasteiger partial charge < -0.3 is 5.11 Å². The maximum absolute atomic E-state index is 13.7. The largest absolute Gasteiger partial charge is 0.478 e. The fourth-order valence-electron chi connectivity index (χ4n) is 2.04. The van der Waals surface area contributed by atoms with Gasteiger partial charge in [-0.2, -0.15) is 12.7 Å². The SMILES string of the molecule is O=C(O)c1ccc(NS(=O)(=O)N2CCCCC2)c(F)c1. The summed E-state index contributed by atoms with van der Waals surface area (Å²) >= 11 is 0. The van der Waals surface area contributed by atoms with Crippen LogP contribution in [0, 0.1) is 5.82 Å². The molecule has 0 spiro atoms. The average Bonchev–Trinajstić information content (AvgIpc) is 2.41. The van der Waals surface area contributed by atoms with Crippen molar-refractivity contribution in [3.05, 3.63) is 29.6 Å². The lowest BCUT2D eigenvalue weighted by molar-refractivity contribution is 0.0696. The number of nitrogens with one attached hydrogen (secondary N) is 1. The highest BCUT2D eigenvalue weighted by atomic mass is 32.2. The molecule has 0 aromatic heterocycles. The van der Waals surface area contributed by atoms with E-state index in [9.17, 15) is 17.6 Å². The molecule has 1 fully saturated rings. The molecule has 1 aliphatic heterocycles. The van der Waals surface area contributed by atoms with Gasteiger partial charge in [0, 0.05) is 13.1 Å². The molecule has 6 nitrogen and oxygen atoms in total. The summed E-state index contributed by atoms with van der Waals surface area (Å²) in [5, 5.41) is 8.72. The van der Waals surface area contributed by atoms with Gasteiger partial charge in [0.1, 0.15) is 5.82 Å². The normalized spacial score (nSPS) is 16.9. The molecule has 20 heavy (non-hydrogen) atoms. The summed E-state index contributed by atoms with van der Waals surface area (Å²) in [6.45, 7) is 0.814. The van der Waals surface area contributed by atoms with Crippen LogP contribution < -0.4 is 4.72 Å². The van der Waals surface area contributed by atoms with Gasteiger partial charge in [-0.3, -0.25) is 4.72 Å². The molecule has 1 aliphatic rings. The molecule has 2 N–H and O–H groups in total. The van der Waals surface area contributed by atoms with Crippen molar-refractivity contribution in [1.29, 1.82) is 0 Å². The lowest BCUT2D eigenvalue weighted by Gasteiger charge is -2.26. The van der Waals surface area contributed by atoms with E-state index in [1.165, 1.54) is 4.31 Å². The molecule has 1 saturated heterocycles. The van der Waals surface area contributed by atoms with Crippen molar-refractivity contribution in [2.45, 2.75) is 19.3 Å². The number of rotatable bonds is 4. The minimum atomic E-state index is -3.80. The van der Waals surface area contributed by atoms with Crippen LogP contribution >= 0.6 is 0 Å². The second kappa shape index (κ2) is 5.76. The van der Waals surface area contributed by atoms with Crippen molar-refractivity contribution < 1.29 is 22.7 Å². The first kappa shape index (κ1) is 14.7. The summed E-state index contributed by atoms with van der Waals surface area (Å²) in [6, 6.07) is 3.05. The van der Waals surface area contributed by atoms with Crippen molar-refractivity contribution in [3.63, 3.8) is 0 Å². The van der Waals surface area contributed by atoms with Crippen molar-refractivity contribution in [2.24, 2.45) is 0 Å². The molecular weight excluding hydrogens is 287 g/mol. The van der Waals surface area contributed by atoms with Crippen molar-refractivity contribution in [3.8, 4) is 0 Å². The number of anilines is 1. The van der Waals surface area contributed by atoms with Crippen molar-refractivity contribution >= 4 is 21.9 Å². The Morgan fingerprint density at radius 1 is 1.25 bits per heavy atom. The lowest BCUT2D eigenvalue weighted by Crippen LogP contribution is -2.39. The number of carbonyl (C=O) groups is 1. The third-order valence-electron chi connectivity index (χ3n) is 3.11. The minimum Gasteiger partial charge on any atom is -0.478 e. The van der Waals surface area contributed by atoms with Gasteiger partial charge in [0.05, 0.1) is 11.3 Å². The highest BCUT2D eigenvalue weighted by Gasteiger charge is 2.24. The Kier molecular flexibility index (Phi) is 4.24. The molecule has 1 aromatic rings. The van der Waals surface area contributed by atoms with Crippen LogP contribution in [0.4, 0.5) is 10.1 Å². The van der Waals surface area contributed by atoms with E-state index in [0.29, 0.717) is 13.1 Å². The topological polar surface area (TPSA) is 86.7 Å². The molecule has 2 rings (SSSR count). The van der Waals surface area contributed by atoms with E-state index in [-0.39, 0.29) is 11.3 Å². The second-order valence-corrected chi connectivity index (χ2v) is 6.24. The van der Waals surface area contributed by atoms with Crippen molar-refractivity contribution in [2.75, 3.05) is 17.8 Å². The number of benzene rings is 1. The van der Waals surface area contributed by atoms with E-state index in [2.05, 4.69) is 4.72 Å². The molecule has 110 valence electrons. The number of aromatic carboxylic acids is 1. The van der Waals surface area contributed by atoms with Gasteiger partial charge in [-0.15, -0.1) is 0 Å². The molecule has 0 aliphatic carbocycles. The number of nitrogens with zero attached hydrogens (tertiary/aromatic N) is 1. The van der Waals surface area contributed by atoms with Gasteiger partial charge in [0.15, 0.2) is 0 Å². The summed E-state index contributed by atoms with van der Waals surface area (Å²) in [5.74, 6) is -2.18. The van der Waals surface area contributed by atoms with Crippen LogP contribution in [0.1, 0.15) is 29.6 Å². The van der Waals surface area contributed by atoms with Crippen LogP contribution in [0.5, 0.6) is 0 Å². The molecule has 1 heterocycles. The van der Waals surface area contributed by atoms with Gasteiger partial charge in [-0.05, 0) is 31.0 Å². The van der Waals surface area contributed by atoms with Crippen molar-refractivity contribution in [1.82, 2.24) is 4.31 Å². The molecule has 0 unspecified atom stereocenters. The molecule has 0 amide bonds. The van der Waals surface area contributed by atoms with E-state index in [4.69, 9.17) is 5.11 Å². The third-order valence-corrected chi connectivity index (χ3v) is 4.63. The number of piperidine rings is 1. The molecular formula is C12H15FN2O4S. The molecule has 8 heteroatoms. The minimum absolute atomic E-state index is 0.233. The summed E-state index contributed by atoms with van der Waals surface area (Å²) in [4.78, 5) is 10.7. The number of hydrogen-bond acceptors (Lipinski definition) is 3. The zero-order valence-electron chi connectivity index (χ0n) is 10.7. The molecule has 1 aromatic carbocycles. The number of carboxylic acids is 1. The Balaban J connectivity index is 2.18. The second-order valence-electron chi connectivity index (χ2n) is 4.57. The summed E-state index contributed by atoms with van der Waals surface area (Å²) in [6.07, 6.45) is 2.54. The van der Waals surface area contributed by atoms with Crippen LogP contribution in [0.25, 0.3) is 0 Å². The van der Waals surface area contributed by atoms with Crippen LogP contribution in [0.15, 0.2) is 18.2 Å². The van der Waals surface area contributed by atoms with E-state index < -0.39 is 22.0 Å². The highest BCUT2D eigenvalue weighted by Crippen LogP contribution is 2.20. The maximum atomic E-state index is 13.7. The first-order valence-electron chi connectivity index (χ1n) is 6.21. The number of halogens is 1. The number of hydrogen-bond donors (Lipinski definition) is 2. The summed E-state index contributed by atoms with van der Waals surface area (Å²) < 4.78 is 41.2. The Morgan fingerprint density at radius 2 is 1.90 bits per heavy atom. The quantitative estimate of drug-likeness (QED) is 0.885. The van der Waals surface area contributed by atoms with E-state index in [0.717, 1.165) is 37.5 Å². The van der Waals surface area contributed by atoms with Gasteiger partial charge >= 0.3 is 16.2 Å². The zero-order valence-corrected chi connectivity index (χ0v) is 11.5. The summed E-state index contributed by atoms with van der Waals surface area (Å²) in [5.41, 5.74) is -0.482. The summed E-state index contributed by atoms with van der Waals surface area (Å²) in [7, 11) is -3.80. The van der Waals surface area contributed by atoms with E-state index in [1.807, 2.05) is 0 Å². The number of carboxylic acid groups (broad SMARTS) is 1.